The highest BCUT2D eigenvalue weighted by Gasteiger charge is 2.28. The van der Waals surface area contributed by atoms with Gasteiger partial charge in [-0.1, -0.05) is 26.0 Å². The Bertz CT molecular complexity index is 1180. The van der Waals surface area contributed by atoms with Gasteiger partial charge in [-0.2, -0.15) is 0 Å². The molecule has 0 spiro atoms. The average molecular weight is 439 g/mol. The molecule has 2 aromatic carbocycles. The highest BCUT2D eigenvalue weighted by molar-refractivity contribution is 7.93. The highest BCUT2D eigenvalue weighted by atomic mass is 32.2. The molecule has 1 aromatic heterocycles. The molecule has 1 aliphatic heterocycles. The van der Waals surface area contributed by atoms with Crippen molar-refractivity contribution in [1.82, 2.24) is 9.55 Å². The number of hydrogen-bond acceptors (Lipinski definition) is 4. The molecule has 1 saturated heterocycles. The van der Waals surface area contributed by atoms with Gasteiger partial charge in [0.2, 0.25) is 10.0 Å². The molecule has 7 nitrogen and oxygen atoms in total. The zero-order chi connectivity index (χ0) is 22.0. The molecule has 0 bridgehead atoms. The summed E-state index contributed by atoms with van der Waals surface area (Å²) in [5.74, 6) is 1.29. The van der Waals surface area contributed by atoms with Crippen molar-refractivity contribution in [3.63, 3.8) is 0 Å². The molecule has 0 radical (unpaired) electrons. The number of carbonyl (C=O) groups is 1. The Morgan fingerprint density at radius 1 is 1.16 bits per heavy atom. The predicted molar refractivity (Wildman–Crippen MR) is 122 cm³/mol. The van der Waals surface area contributed by atoms with E-state index in [4.69, 9.17) is 0 Å². The highest BCUT2D eigenvalue weighted by Crippen LogP contribution is 2.24. The third kappa shape index (κ3) is 4.64. The minimum atomic E-state index is -3.23. The number of rotatable bonds is 6. The summed E-state index contributed by atoms with van der Waals surface area (Å²) in [6.45, 7) is 5.38. The molecule has 0 saturated carbocycles. The lowest BCUT2D eigenvalue weighted by Gasteiger charge is -2.17. The number of hydrogen-bond donors (Lipinski definition) is 1. The third-order valence-electron chi connectivity index (χ3n) is 5.32. The number of anilines is 2. The summed E-state index contributed by atoms with van der Waals surface area (Å²) in [6, 6.07) is 14.4. The second kappa shape index (κ2) is 8.55. The molecule has 0 unspecified atom stereocenters. The Labute approximate surface area is 182 Å². The minimum Gasteiger partial charge on any atom is -0.330 e. The van der Waals surface area contributed by atoms with E-state index in [1.54, 1.807) is 30.5 Å². The Balaban J connectivity index is 1.45. The van der Waals surface area contributed by atoms with Crippen LogP contribution < -0.4 is 9.62 Å². The fourth-order valence-electron chi connectivity index (χ4n) is 3.81. The van der Waals surface area contributed by atoms with Crippen LogP contribution in [0.25, 0.3) is 0 Å². The molecule has 8 heteroatoms. The van der Waals surface area contributed by atoms with Gasteiger partial charge in [-0.05, 0) is 48.4 Å². The van der Waals surface area contributed by atoms with E-state index in [2.05, 4.69) is 28.7 Å². The lowest BCUT2D eigenvalue weighted by atomic mass is 10.1. The molecule has 1 aliphatic rings. The van der Waals surface area contributed by atoms with Crippen molar-refractivity contribution in [3.05, 3.63) is 77.9 Å². The van der Waals surface area contributed by atoms with Crippen molar-refractivity contribution >= 4 is 27.3 Å². The maximum atomic E-state index is 12.7. The van der Waals surface area contributed by atoms with Crippen LogP contribution in [0.2, 0.25) is 0 Å². The molecule has 162 valence electrons. The van der Waals surface area contributed by atoms with Crippen molar-refractivity contribution in [1.29, 1.82) is 0 Å². The first-order valence-electron chi connectivity index (χ1n) is 10.4. The molecule has 2 heterocycles. The van der Waals surface area contributed by atoms with Crippen LogP contribution in [0, 0.1) is 0 Å². The van der Waals surface area contributed by atoms with E-state index < -0.39 is 10.0 Å². The van der Waals surface area contributed by atoms with Gasteiger partial charge >= 0.3 is 0 Å². The van der Waals surface area contributed by atoms with E-state index in [0.717, 1.165) is 11.4 Å². The lowest BCUT2D eigenvalue weighted by molar-refractivity contribution is 0.102. The fourth-order valence-corrected chi connectivity index (χ4v) is 5.38. The number of amides is 1. The Hall–Kier alpha value is -3.13. The van der Waals surface area contributed by atoms with Gasteiger partial charge in [0.05, 0.1) is 11.4 Å². The molecule has 0 aliphatic carbocycles. The summed E-state index contributed by atoms with van der Waals surface area (Å²) in [5, 5.41) is 2.93. The van der Waals surface area contributed by atoms with E-state index >= 15 is 0 Å². The summed E-state index contributed by atoms with van der Waals surface area (Å²) < 4.78 is 27.6. The summed E-state index contributed by atoms with van der Waals surface area (Å²) in [6.07, 6.45) is 4.39. The van der Waals surface area contributed by atoms with Crippen LogP contribution in [0.3, 0.4) is 0 Å². The molecular weight excluding hydrogens is 412 g/mol. The van der Waals surface area contributed by atoms with E-state index in [9.17, 15) is 13.2 Å². The van der Waals surface area contributed by atoms with Crippen molar-refractivity contribution in [2.45, 2.75) is 32.7 Å². The van der Waals surface area contributed by atoms with Gasteiger partial charge in [0.1, 0.15) is 5.82 Å². The van der Waals surface area contributed by atoms with Crippen LogP contribution in [-0.2, 0) is 16.6 Å². The smallest absolute Gasteiger partial charge is 0.255 e. The average Bonchev–Trinajstić information content (AvgIpc) is 3.34. The first-order valence-corrected chi connectivity index (χ1v) is 12.0. The lowest BCUT2D eigenvalue weighted by Crippen LogP contribution is -2.25. The van der Waals surface area contributed by atoms with E-state index in [1.165, 1.54) is 4.31 Å². The van der Waals surface area contributed by atoms with Crippen molar-refractivity contribution in [2.24, 2.45) is 0 Å². The SMILES string of the molecule is CC(C)c1nccn1Cc1cccc(NC(=O)c2ccc(N3CCCS3(=O)=O)cc2)c1. The standard InChI is InChI=1S/C23H26N4O3S/c1-17(2)22-24-11-13-26(22)16-18-5-3-6-20(15-18)25-23(28)19-7-9-21(10-8-19)27-12-4-14-31(27,29)30/h3,5-11,13,15,17H,4,12,14,16H2,1-2H3,(H,25,28). The zero-order valence-electron chi connectivity index (χ0n) is 17.7. The monoisotopic (exact) mass is 438 g/mol. The second-order valence-corrected chi connectivity index (χ2v) is 10.0. The van der Waals surface area contributed by atoms with Crippen molar-refractivity contribution in [3.8, 4) is 0 Å². The molecule has 1 amide bonds. The maximum Gasteiger partial charge on any atom is 0.255 e. The van der Waals surface area contributed by atoms with Gasteiger partial charge in [0.15, 0.2) is 0 Å². The summed E-state index contributed by atoms with van der Waals surface area (Å²) in [5.41, 5.74) is 2.84. The summed E-state index contributed by atoms with van der Waals surface area (Å²) >= 11 is 0. The van der Waals surface area contributed by atoms with Gasteiger partial charge in [-0.3, -0.25) is 9.10 Å². The predicted octanol–water partition coefficient (Wildman–Crippen LogP) is 3.85. The Kier molecular flexibility index (Phi) is 5.82. The topological polar surface area (TPSA) is 84.3 Å². The number of imidazole rings is 1. The zero-order valence-corrected chi connectivity index (χ0v) is 18.5. The Morgan fingerprint density at radius 2 is 1.94 bits per heavy atom. The summed E-state index contributed by atoms with van der Waals surface area (Å²) in [4.78, 5) is 17.1. The quantitative estimate of drug-likeness (QED) is 0.634. The van der Waals surface area contributed by atoms with Gasteiger partial charge < -0.3 is 9.88 Å². The number of carbonyl (C=O) groups excluding carboxylic acids is 1. The second-order valence-electron chi connectivity index (χ2n) is 8.01. The third-order valence-corrected chi connectivity index (χ3v) is 7.19. The fraction of sp³-hybridized carbons (Fsp3) is 0.304. The van der Waals surface area contributed by atoms with E-state index in [0.29, 0.717) is 42.4 Å². The molecule has 1 N–H and O–H groups in total. The molecule has 1 fully saturated rings. The number of aromatic nitrogens is 2. The summed E-state index contributed by atoms with van der Waals surface area (Å²) in [7, 11) is -3.23. The molecule has 31 heavy (non-hydrogen) atoms. The molecular formula is C23H26N4O3S. The molecule has 4 rings (SSSR count). The number of nitrogens with zero attached hydrogens (tertiary/aromatic N) is 3. The van der Waals surface area contributed by atoms with Crippen LogP contribution in [0.1, 0.15) is 47.9 Å². The van der Waals surface area contributed by atoms with E-state index in [1.807, 2.05) is 30.5 Å². The van der Waals surface area contributed by atoms with Gasteiger partial charge in [-0.25, -0.2) is 13.4 Å². The van der Waals surface area contributed by atoms with Crippen LogP contribution in [0.15, 0.2) is 60.9 Å². The van der Waals surface area contributed by atoms with Gasteiger partial charge in [0, 0.05) is 42.7 Å². The minimum absolute atomic E-state index is 0.170. The number of benzene rings is 2. The van der Waals surface area contributed by atoms with Crippen LogP contribution >= 0.6 is 0 Å². The molecule has 3 aromatic rings. The largest absolute Gasteiger partial charge is 0.330 e. The Morgan fingerprint density at radius 3 is 2.61 bits per heavy atom. The van der Waals surface area contributed by atoms with Gasteiger partial charge in [-0.15, -0.1) is 0 Å². The van der Waals surface area contributed by atoms with Crippen LogP contribution in [-0.4, -0.2) is 36.2 Å². The van der Waals surface area contributed by atoms with Crippen LogP contribution in [0.5, 0.6) is 0 Å². The first kappa shape index (κ1) is 21.1. The van der Waals surface area contributed by atoms with Gasteiger partial charge in [0.25, 0.3) is 5.91 Å². The maximum absolute atomic E-state index is 12.7. The van der Waals surface area contributed by atoms with Crippen LogP contribution in [0.4, 0.5) is 11.4 Å². The van der Waals surface area contributed by atoms with Crippen molar-refractivity contribution < 1.29 is 13.2 Å². The first-order chi connectivity index (χ1) is 14.8. The normalized spacial score (nSPS) is 15.4. The van der Waals surface area contributed by atoms with E-state index in [-0.39, 0.29) is 11.7 Å². The molecule has 0 atom stereocenters. The van der Waals surface area contributed by atoms with Crippen molar-refractivity contribution in [2.75, 3.05) is 21.9 Å². The number of sulfonamides is 1. The number of nitrogens with one attached hydrogen (secondary N) is 1.